The highest BCUT2D eigenvalue weighted by atomic mass is 79.9. The first-order chi connectivity index (χ1) is 9.29. The zero-order valence-electron chi connectivity index (χ0n) is 10.6. The number of piperidine rings is 3. The largest absolute Gasteiger partial charge is 0.362 e. The van der Waals surface area contributed by atoms with E-state index in [0.717, 1.165) is 33.7 Å². The predicted octanol–water partition coefficient (Wildman–Crippen LogP) is 3.10. The van der Waals surface area contributed by atoms with E-state index < -0.39 is 0 Å². The second-order valence-electron chi connectivity index (χ2n) is 5.56. The molecule has 0 aliphatic carbocycles. The number of nitrogens with one attached hydrogen (secondary N) is 1. The van der Waals surface area contributed by atoms with Crippen LogP contribution in [0.1, 0.15) is 12.8 Å². The SMILES string of the molecule is Brc1ccc2c(NC3CN4CCC3CC4)noc2c1. The van der Waals surface area contributed by atoms with Crippen LogP contribution in [-0.2, 0) is 0 Å². The summed E-state index contributed by atoms with van der Waals surface area (Å²) in [4.78, 5) is 2.54. The Morgan fingerprint density at radius 1 is 1.32 bits per heavy atom. The van der Waals surface area contributed by atoms with Crippen LogP contribution in [0, 0.1) is 5.92 Å². The van der Waals surface area contributed by atoms with Crippen molar-refractivity contribution in [3.63, 3.8) is 0 Å². The zero-order valence-corrected chi connectivity index (χ0v) is 12.2. The van der Waals surface area contributed by atoms with Gasteiger partial charge in [0.25, 0.3) is 0 Å². The normalized spacial score (nSPS) is 29.8. The maximum Gasteiger partial charge on any atom is 0.177 e. The summed E-state index contributed by atoms with van der Waals surface area (Å²) in [6.45, 7) is 3.65. The van der Waals surface area contributed by atoms with Crippen LogP contribution in [0.25, 0.3) is 11.0 Å². The molecule has 1 aromatic heterocycles. The molecule has 4 nitrogen and oxygen atoms in total. The van der Waals surface area contributed by atoms with Crippen molar-refractivity contribution in [3.8, 4) is 0 Å². The number of anilines is 1. The quantitative estimate of drug-likeness (QED) is 0.922. The van der Waals surface area contributed by atoms with E-state index in [4.69, 9.17) is 4.52 Å². The number of nitrogens with zero attached hydrogens (tertiary/aromatic N) is 2. The Labute approximate surface area is 120 Å². The van der Waals surface area contributed by atoms with E-state index in [9.17, 15) is 0 Å². The number of halogens is 1. The highest BCUT2D eigenvalue weighted by Gasteiger charge is 2.34. The number of aromatic nitrogens is 1. The van der Waals surface area contributed by atoms with Crippen LogP contribution in [0.4, 0.5) is 5.82 Å². The maximum atomic E-state index is 5.40. The topological polar surface area (TPSA) is 41.3 Å². The Bertz CT molecular complexity index is 604. The van der Waals surface area contributed by atoms with Crippen molar-refractivity contribution >= 4 is 32.7 Å². The van der Waals surface area contributed by atoms with Crippen molar-refractivity contribution < 1.29 is 4.52 Å². The van der Waals surface area contributed by atoms with Crippen LogP contribution in [0.15, 0.2) is 27.2 Å². The molecule has 3 fully saturated rings. The van der Waals surface area contributed by atoms with Crippen LogP contribution in [0.2, 0.25) is 0 Å². The van der Waals surface area contributed by atoms with Crippen LogP contribution < -0.4 is 5.32 Å². The fourth-order valence-electron chi connectivity index (χ4n) is 3.32. The van der Waals surface area contributed by atoms with E-state index in [2.05, 4.69) is 37.4 Å². The van der Waals surface area contributed by atoms with Gasteiger partial charge in [-0.05, 0) is 50.0 Å². The second kappa shape index (κ2) is 4.49. The minimum absolute atomic E-state index is 0.513. The third kappa shape index (κ3) is 2.05. The van der Waals surface area contributed by atoms with Crippen molar-refractivity contribution in [1.29, 1.82) is 0 Å². The zero-order chi connectivity index (χ0) is 12.8. The molecule has 0 saturated carbocycles. The van der Waals surface area contributed by atoms with E-state index in [1.165, 1.54) is 25.9 Å². The van der Waals surface area contributed by atoms with E-state index in [0.29, 0.717) is 6.04 Å². The summed E-state index contributed by atoms with van der Waals surface area (Å²) >= 11 is 3.45. The Balaban J connectivity index is 1.61. The first-order valence-corrected chi connectivity index (χ1v) is 7.63. The van der Waals surface area contributed by atoms with Crippen molar-refractivity contribution in [3.05, 3.63) is 22.7 Å². The lowest BCUT2D eigenvalue weighted by atomic mass is 9.84. The molecule has 3 aliphatic heterocycles. The monoisotopic (exact) mass is 321 g/mol. The van der Waals surface area contributed by atoms with Crippen LogP contribution in [-0.4, -0.2) is 35.7 Å². The number of hydrogen-bond acceptors (Lipinski definition) is 4. The van der Waals surface area contributed by atoms with Gasteiger partial charge < -0.3 is 14.7 Å². The molecule has 5 rings (SSSR count). The highest BCUT2D eigenvalue weighted by Crippen LogP contribution is 2.32. The lowest BCUT2D eigenvalue weighted by molar-refractivity contribution is 0.0973. The number of fused-ring (bicyclic) bond motifs is 4. The number of hydrogen-bond donors (Lipinski definition) is 1. The Morgan fingerprint density at radius 2 is 2.16 bits per heavy atom. The average molecular weight is 322 g/mol. The van der Waals surface area contributed by atoms with E-state index >= 15 is 0 Å². The highest BCUT2D eigenvalue weighted by molar-refractivity contribution is 9.10. The van der Waals surface area contributed by atoms with Gasteiger partial charge in [0.1, 0.15) is 0 Å². The molecular weight excluding hydrogens is 306 g/mol. The van der Waals surface area contributed by atoms with Gasteiger partial charge in [-0.15, -0.1) is 0 Å². The summed E-state index contributed by atoms with van der Waals surface area (Å²) in [5.74, 6) is 1.67. The molecule has 3 saturated heterocycles. The smallest absolute Gasteiger partial charge is 0.177 e. The van der Waals surface area contributed by atoms with Crippen LogP contribution in [0.5, 0.6) is 0 Å². The third-order valence-electron chi connectivity index (χ3n) is 4.41. The maximum absolute atomic E-state index is 5.40. The van der Waals surface area contributed by atoms with Crippen molar-refractivity contribution in [2.45, 2.75) is 18.9 Å². The molecule has 1 unspecified atom stereocenters. The molecule has 1 atom stereocenters. The minimum Gasteiger partial charge on any atom is -0.362 e. The van der Waals surface area contributed by atoms with E-state index in [1.807, 2.05) is 12.1 Å². The molecule has 4 heterocycles. The molecule has 2 bridgehead atoms. The van der Waals surface area contributed by atoms with E-state index in [1.54, 1.807) is 0 Å². The van der Waals surface area contributed by atoms with Gasteiger partial charge in [0.2, 0.25) is 0 Å². The fraction of sp³-hybridized carbons (Fsp3) is 0.500. The molecule has 19 heavy (non-hydrogen) atoms. The number of benzene rings is 1. The van der Waals surface area contributed by atoms with Gasteiger partial charge in [-0.2, -0.15) is 0 Å². The van der Waals surface area contributed by atoms with Gasteiger partial charge in [0, 0.05) is 17.1 Å². The van der Waals surface area contributed by atoms with Crippen molar-refractivity contribution in [1.82, 2.24) is 10.1 Å². The molecule has 0 spiro atoms. The molecule has 5 heteroatoms. The first-order valence-electron chi connectivity index (χ1n) is 6.83. The predicted molar refractivity (Wildman–Crippen MR) is 78.3 cm³/mol. The molecule has 1 N–H and O–H groups in total. The molecular formula is C14H16BrN3O. The van der Waals surface area contributed by atoms with Gasteiger partial charge in [-0.3, -0.25) is 0 Å². The van der Waals surface area contributed by atoms with Crippen molar-refractivity contribution in [2.24, 2.45) is 5.92 Å². The average Bonchev–Trinajstić information content (AvgIpc) is 2.82. The third-order valence-corrected chi connectivity index (χ3v) is 4.91. The van der Waals surface area contributed by atoms with Gasteiger partial charge in [-0.1, -0.05) is 21.1 Å². The molecule has 2 aromatic rings. The van der Waals surface area contributed by atoms with Gasteiger partial charge in [0.05, 0.1) is 5.39 Å². The Morgan fingerprint density at radius 3 is 2.89 bits per heavy atom. The standard InChI is InChI=1S/C14H16BrN3O/c15-10-1-2-11-13(7-10)19-17-14(11)16-12-8-18-5-3-9(12)4-6-18/h1-2,7,9,12H,3-6,8H2,(H,16,17). The summed E-state index contributed by atoms with van der Waals surface area (Å²) in [7, 11) is 0. The molecule has 3 aliphatic rings. The van der Waals surface area contributed by atoms with Crippen LogP contribution in [0.3, 0.4) is 0 Å². The van der Waals surface area contributed by atoms with Gasteiger partial charge in [0.15, 0.2) is 11.4 Å². The number of rotatable bonds is 2. The lowest BCUT2D eigenvalue weighted by Gasteiger charge is -2.44. The molecule has 0 amide bonds. The first kappa shape index (κ1) is 11.7. The fourth-order valence-corrected chi connectivity index (χ4v) is 3.66. The summed E-state index contributed by atoms with van der Waals surface area (Å²) in [5, 5.41) is 8.85. The Kier molecular flexibility index (Phi) is 2.77. The molecule has 100 valence electrons. The van der Waals surface area contributed by atoms with Crippen LogP contribution >= 0.6 is 15.9 Å². The van der Waals surface area contributed by atoms with Gasteiger partial charge >= 0.3 is 0 Å². The van der Waals surface area contributed by atoms with Crippen molar-refractivity contribution in [2.75, 3.05) is 25.0 Å². The van der Waals surface area contributed by atoms with E-state index in [-0.39, 0.29) is 0 Å². The van der Waals surface area contributed by atoms with Gasteiger partial charge in [-0.25, -0.2) is 0 Å². The lowest BCUT2D eigenvalue weighted by Crippen LogP contribution is -2.53. The summed E-state index contributed by atoms with van der Waals surface area (Å²) < 4.78 is 6.41. The Hall–Kier alpha value is -1.07. The summed E-state index contributed by atoms with van der Waals surface area (Å²) in [6.07, 6.45) is 2.61. The molecule has 1 aromatic carbocycles. The minimum atomic E-state index is 0.513. The second-order valence-corrected chi connectivity index (χ2v) is 6.48. The molecule has 0 radical (unpaired) electrons. The summed E-state index contributed by atoms with van der Waals surface area (Å²) in [6, 6.07) is 6.56. The summed E-state index contributed by atoms with van der Waals surface area (Å²) in [5.41, 5.74) is 0.832.